The monoisotopic (exact) mass is 257 g/mol. The van der Waals surface area contributed by atoms with Gasteiger partial charge in [-0.15, -0.1) is 11.3 Å². The maximum Gasteiger partial charge on any atom is 0.206 e. The van der Waals surface area contributed by atoms with E-state index in [9.17, 15) is 13.7 Å². The van der Waals surface area contributed by atoms with Crippen LogP contribution in [0.1, 0.15) is 12.8 Å². The van der Waals surface area contributed by atoms with Crippen molar-refractivity contribution in [1.29, 1.82) is 5.26 Å². The fraction of sp³-hybridized carbons (Fsp3) is 0.500. The van der Waals surface area contributed by atoms with Crippen LogP contribution < -0.4 is 0 Å². The number of thiophene rings is 1. The number of ether oxygens (including phenoxy) is 1. The lowest BCUT2D eigenvalue weighted by atomic mass is 10.0. The van der Waals surface area contributed by atoms with Gasteiger partial charge in [0.15, 0.2) is 4.75 Å². The molecule has 1 aromatic rings. The molecule has 16 heavy (non-hydrogen) atoms. The van der Waals surface area contributed by atoms with E-state index < -0.39 is 14.6 Å². The Balaban J connectivity index is 2.46. The van der Waals surface area contributed by atoms with Crippen LogP contribution in [0, 0.1) is 11.3 Å². The summed E-state index contributed by atoms with van der Waals surface area (Å²) in [7, 11) is -3.55. The number of nitrogens with zero attached hydrogens (tertiary/aromatic N) is 1. The summed E-state index contributed by atoms with van der Waals surface area (Å²) < 4.78 is 28.8. The molecule has 1 aromatic heterocycles. The van der Waals surface area contributed by atoms with Crippen LogP contribution in [0.25, 0.3) is 0 Å². The zero-order chi connectivity index (χ0) is 11.6. The quantitative estimate of drug-likeness (QED) is 0.807. The summed E-state index contributed by atoms with van der Waals surface area (Å²) in [6.45, 7) is 0.663. The number of hydrogen-bond acceptors (Lipinski definition) is 5. The van der Waals surface area contributed by atoms with Crippen LogP contribution in [0.3, 0.4) is 0 Å². The van der Waals surface area contributed by atoms with Gasteiger partial charge in [0.05, 0.1) is 6.07 Å². The second-order valence-electron chi connectivity index (χ2n) is 3.65. The molecule has 2 rings (SSSR count). The average Bonchev–Trinajstić information content (AvgIpc) is 2.84. The first-order valence-electron chi connectivity index (χ1n) is 4.89. The van der Waals surface area contributed by atoms with Gasteiger partial charge in [-0.3, -0.25) is 0 Å². The summed E-state index contributed by atoms with van der Waals surface area (Å²) in [5.74, 6) is 0. The van der Waals surface area contributed by atoms with Gasteiger partial charge in [-0.05, 0) is 11.4 Å². The second kappa shape index (κ2) is 4.17. The molecular formula is C10H11NO3S2. The molecule has 0 aromatic carbocycles. The molecule has 6 heteroatoms. The molecule has 0 aliphatic carbocycles. The van der Waals surface area contributed by atoms with Crippen LogP contribution in [0.4, 0.5) is 0 Å². The van der Waals surface area contributed by atoms with Crippen molar-refractivity contribution in [3.63, 3.8) is 0 Å². The smallest absolute Gasteiger partial charge is 0.206 e. The molecule has 2 heterocycles. The minimum Gasteiger partial charge on any atom is -0.381 e. The Kier molecular flexibility index (Phi) is 3.02. The van der Waals surface area contributed by atoms with Crippen LogP contribution in [0.15, 0.2) is 21.7 Å². The van der Waals surface area contributed by atoms with Gasteiger partial charge in [0.1, 0.15) is 4.21 Å². The Hall–Kier alpha value is -0.900. The van der Waals surface area contributed by atoms with Crippen LogP contribution in [0.5, 0.6) is 0 Å². The van der Waals surface area contributed by atoms with Gasteiger partial charge < -0.3 is 4.74 Å². The van der Waals surface area contributed by atoms with E-state index in [-0.39, 0.29) is 17.1 Å². The van der Waals surface area contributed by atoms with Gasteiger partial charge in [0.25, 0.3) is 0 Å². The van der Waals surface area contributed by atoms with Crippen LogP contribution >= 0.6 is 11.3 Å². The zero-order valence-corrected chi connectivity index (χ0v) is 10.2. The highest BCUT2D eigenvalue weighted by Gasteiger charge is 2.46. The fourth-order valence-corrected chi connectivity index (χ4v) is 4.82. The zero-order valence-electron chi connectivity index (χ0n) is 8.55. The maximum absolute atomic E-state index is 12.3. The van der Waals surface area contributed by atoms with E-state index in [0.29, 0.717) is 13.2 Å². The fourth-order valence-electron chi connectivity index (χ4n) is 1.75. The highest BCUT2D eigenvalue weighted by atomic mass is 32.2. The predicted molar refractivity (Wildman–Crippen MR) is 59.9 cm³/mol. The molecule has 0 atom stereocenters. The topological polar surface area (TPSA) is 67.2 Å². The van der Waals surface area contributed by atoms with Crippen molar-refractivity contribution in [2.45, 2.75) is 21.8 Å². The number of rotatable bonds is 2. The summed E-state index contributed by atoms with van der Waals surface area (Å²) in [5, 5.41) is 10.9. The minimum atomic E-state index is -3.55. The molecule has 1 fully saturated rings. The number of nitriles is 1. The lowest BCUT2D eigenvalue weighted by Gasteiger charge is -2.29. The predicted octanol–water partition coefficient (Wildman–Crippen LogP) is 1.59. The molecule has 0 bridgehead atoms. The first-order chi connectivity index (χ1) is 7.62. The largest absolute Gasteiger partial charge is 0.381 e. The van der Waals surface area contributed by atoms with Crippen LogP contribution in [-0.2, 0) is 14.6 Å². The Morgan fingerprint density at radius 3 is 2.62 bits per heavy atom. The van der Waals surface area contributed by atoms with Gasteiger partial charge in [0.2, 0.25) is 9.84 Å². The molecule has 1 aliphatic heterocycles. The lowest BCUT2D eigenvalue weighted by molar-refractivity contribution is 0.0864. The summed E-state index contributed by atoms with van der Waals surface area (Å²) in [6, 6.07) is 5.22. The molecule has 0 unspecified atom stereocenters. The molecular weight excluding hydrogens is 246 g/mol. The number of sulfone groups is 1. The molecule has 4 nitrogen and oxygen atoms in total. The third-order valence-corrected chi connectivity index (χ3v) is 6.58. The van der Waals surface area contributed by atoms with Crippen LogP contribution in [-0.4, -0.2) is 26.4 Å². The Bertz CT molecular complexity index is 493. The van der Waals surface area contributed by atoms with Gasteiger partial charge in [-0.25, -0.2) is 8.42 Å². The van der Waals surface area contributed by atoms with Crippen LogP contribution in [0.2, 0.25) is 0 Å². The molecule has 86 valence electrons. The normalized spacial score (nSPS) is 20.2. The van der Waals surface area contributed by atoms with Crippen molar-refractivity contribution in [1.82, 2.24) is 0 Å². The van der Waals surface area contributed by atoms with E-state index in [4.69, 9.17) is 4.74 Å². The lowest BCUT2D eigenvalue weighted by Crippen LogP contribution is -2.42. The summed E-state index contributed by atoms with van der Waals surface area (Å²) in [6.07, 6.45) is 0.507. The molecule has 1 saturated heterocycles. The van der Waals surface area contributed by atoms with Crippen molar-refractivity contribution in [3.05, 3.63) is 17.5 Å². The van der Waals surface area contributed by atoms with Gasteiger partial charge >= 0.3 is 0 Å². The number of hydrogen-bond donors (Lipinski definition) is 0. The average molecular weight is 257 g/mol. The molecule has 0 saturated carbocycles. The minimum absolute atomic E-state index is 0.254. The van der Waals surface area contributed by atoms with E-state index in [0.717, 1.165) is 11.3 Å². The van der Waals surface area contributed by atoms with E-state index in [2.05, 4.69) is 0 Å². The van der Waals surface area contributed by atoms with Gasteiger partial charge in [-0.1, -0.05) is 6.07 Å². The Morgan fingerprint density at radius 2 is 2.12 bits per heavy atom. The first kappa shape index (κ1) is 11.6. The molecule has 1 aliphatic rings. The maximum atomic E-state index is 12.3. The van der Waals surface area contributed by atoms with E-state index >= 15 is 0 Å². The SMILES string of the molecule is N#CC1(S(=O)(=O)c2cccs2)CCOCC1. The highest BCUT2D eigenvalue weighted by molar-refractivity contribution is 7.95. The Labute approximate surface area is 98.4 Å². The summed E-state index contributed by atoms with van der Waals surface area (Å²) >= 11 is 1.16. The molecule has 0 spiro atoms. The van der Waals surface area contributed by atoms with Crippen molar-refractivity contribution < 1.29 is 13.2 Å². The second-order valence-corrected chi connectivity index (χ2v) is 7.09. The first-order valence-corrected chi connectivity index (χ1v) is 7.26. The van der Waals surface area contributed by atoms with E-state index in [1.165, 1.54) is 0 Å². The molecule has 0 N–H and O–H groups in total. The third-order valence-electron chi connectivity index (χ3n) is 2.78. The summed E-state index contributed by atoms with van der Waals surface area (Å²) in [4.78, 5) is 0. The van der Waals surface area contributed by atoms with E-state index in [1.807, 2.05) is 6.07 Å². The van der Waals surface area contributed by atoms with E-state index in [1.54, 1.807) is 17.5 Å². The Morgan fingerprint density at radius 1 is 1.44 bits per heavy atom. The van der Waals surface area contributed by atoms with Gasteiger partial charge in [0, 0.05) is 26.1 Å². The van der Waals surface area contributed by atoms with Gasteiger partial charge in [-0.2, -0.15) is 5.26 Å². The van der Waals surface area contributed by atoms with Crippen molar-refractivity contribution in [2.24, 2.45) is 0 Å². The third kappa shape index (κ3) is 1.65. The summed E-state index contributed by atoms with van der Waals surface area (Å²) in [5.41, 5.74) is 0. The highest BCUT2D eigenvalue weighted by Crippen LogP contribution is 2.35. The molecule has 0 radical (unpaired) electrons. The van der Waals surface area contributed by atoms with Crippen molar-refractivity contribution in [2.75, 3.05) is 13.2 Å². The standard InChI is InChI=1S/C10H11NO3S2/c11-8-10(3-5-14-6-4-10)16(12,13)9-2-1-7-15-9/h1-2,7H,3-6H2. The molecule has 0 amide bonds. The van der Waals surface area contributed by atoms with Crippen molar-refractivity contribution >= 4 is 21.2 Å². The van der Waals surface area contributed by atoms with Crippen molar-refractivity contribution in [3.8, 4) is 6.07 Å².